The molecule has 102 valence electrons. The van der Waals surface area contributed by atoms with Gasteiger partial charge in [0.25, 0.3) is 0 Å². The van der Waals surface area contributed by atoms with Crippen molar-refractivity contribution < 1.29 is 9.59 Å². The van der Waals surface area contributed by atoms with Crippen molar-refractivity contribution in [3.63, 3.8) is 0 Å². The lowest BCUT2D eigenvalue weighted by Gasteiger charge is -2.12. The molecule has 6 heteroatoms. The van der Waals surface area contributed by atoms with E-state index < -0.39 is 11.8 Å². The number of rotatable bonds is 4. The van der Waals surface area contributed by atoms with Crippen molar-refractivity contribution in [2.75, 3.05) is 11.9 Å². The van der Waals surface area contributed by atoms with Crippen LogP contribution in [0.3, 0.4) is 0 Å². The first kappa shape index (κ1) is 13.7. The van der Waals surface area contributed by atoms with Gasteiger partial charge < -0.3 is 5.32 Å². The summed E-state index contributed by atoms with van der Waals surface area (Å²) in [5, 5.41) is 7.26. The molecule has 2 amide bonds. The van der Waals surface area contributed by atoms with Crippen LogP contribution < -0.4 is 10.6 Å². The van der Waals surface area contributed by atoms with Crippen LogP contribution in [0.1, 0.15) is 32.1 Å². The van der Waals surface area contributed by atoms with E-state index >= 15 is 0 Å². The summed E-state index contributed by atoms with van der Waals surface area (Å²) in [4.78, 5) is 27.0. The molecule has 2 N–H and O–H groups in total. The molecule has 19 heavy (non-hydrogen) atoms. The van der Waals surface area contributed by atoms with E-state index in [1.54, 1.807) is 11.6 Å². The van der Waals surface area contributed by atoms with Gasteiger partial charge in [-0.15, -0.1) is 11.3 Å². The van der Waals surface area contributed by atoms with E-state index in [0.717, 1.165) is 19.3 Å². The average Bonchev–Trinajstić information content (AvgIpc) is 2.92. The number of anilines is 1. The predicted molar refractivity (Wildman–Crippen MR) is 74.9 cm³/mol. The first-order valence-electron chi connectivity index (χ1n) is 6.42. The quantitative estimate of drug-likeness (QED) is 0.655. The highest BCUT2D eigenvalue weighted by molar-refractivity contribution is 7.13. The molecular formula is C13H17N3O2S. The highest BCUT2D eigenvalue weighted by Crippen LogP contribution is 2.19. The number of allylic oxidation sites excluding steroid dienone is 1. The molecule has 0 unspecified atom stereocenters. The van der Waals surface area contributed by atoms with E-state index in [-0.39, 0.29) is 0 Å². The summed E-state index contributed by atoms with van der Waals surface area (Å²) in [5.41, 5.74) is 1.38. The number of aromatic nitrogens is 1. The number of thiazole rings is 1. The predicted octanol–water partition coefficient (Wildman–Crippen LogP) is 2.09. The van der Waals surface area contributed by atoms with Crippen LogP contribution in [0.15, 0.2) is 23.2 Å². The normalized spacial score (nSPS) is 14.6. The molecule has 0 atom stereocenters. The minimum absolute atomic E-state index is 0.440. The maximum atomic E-state index is 11.5. The Morgan fingerprint density at radius 3 is 2.89 bits per heavy atom. The topological polar surface area (TPSA) is 71.1 Å². The highest BCUT2D eigenvalue weighted by atomic mass is 32.1. The Labute approximate surface area is 116 Å². The fourth-order valence-electron chi connectivity index (χ4n) is 1.99. The molecule has 0 aromatic carbocycles. The van der Waals surface area contributed by atoms with Gasteiger partial charge in [-0.2, -0.15) is 0 Å². The van der Waals surface area contributed by atoms with Crippen LogP contribution in [0.5, 0.6) is 0 Å². The van der Waals surface area contributed by atoms with Crippen molar-refractivity contribution in [3.05, 3.63) is 23.2 Å². The largest absolute Gasteiger partial charge is 0.348 e. The van der Waals surface area contributed by atoms with Crippen molar-refractivity contribution in [2.45, 2.75) is 32.1 Å². The monoisotopic (exact) mass is 279 g/mol. The Morgan fingerprint density at radius 1 is 1.32 bits per heavy atom. The zero-order valence-corrected chi connectivity index (χ0v) is 11.5. The van der Waals surface area contributed by atoms with Crippen molar-refractivity contribution >= 4 is 28.3 Å². The molecular weight excluding hydrogens is 262 g/mol. The minimum atomic E-state index is -0.660. The van der Waals surface area contributed by atoms with E-state index in [1.807, 2.05) is 0 Å². The molecule has 0 saturated carbocycles. The molecule has 2 rings (SSSR count). The van der Waals surface area contributed by atoms with Crippen LogP contribution >= 0.6 is 11.3 Å². The van der Waals surface area contributed by atoms with Gasteiger partial charge in [0.05, 0.1) is 0 Å². The Hall–Kier alpha value is -1.69. The first-order chi connectivity index (χ1) is 9.25. The number of carbonyl (C=O) groups is 2. The van der Waals surface area contributed by atoms with Gasteiger partial charge in [0.1, 0.15) is 0 Å². The third-order valence-corrected chi connectivity index (χ3v) is 3.66. The Kier molecular flexibility index (Phi) is 5.09. The van der Waals surface area contributed by atoms with Crippen molar-refractivity contribution in [1.29, 1.82) is 0 Å². The second-order valence-electron chi connectivity index (χ2n) is 4.41. The van der Waals surface area contributed by atoms with Crippen LogP contribution in [-0.4, -0.2) is 23.3 Å². The Morgan fingerprint density at radius 2 is 2.21 bits per heavy atom. The Bertz CT molecular complexity index is 468. The second-order valence-corrected chi connectivity index (χ2v) is 5.30. The SMILES string of the molecule is O=C(NCCC1=CCCCC1)C(=O)Nc1nccs1. The van der Waals surface area contributed by atoms with Crippen LogP contribution in [-0.2, 0) is 9.59 Å². The maximum Gasteiger partial charge on any atom is 0.315 e. The molecule has 0 spiro atoms. The number of nitrogens with zero attached hydrogens (tertiary/aromatic N) is 1. The highest BCUT2D eigenvalue weighted by Gasteiger charge is 2.14. The minimum Gasteiger partial charge on any atom is -0.348 e. The number of nitrogens with one attached hydrogen (secondary N) is 2. The number of hydrogen-bond acceptors (Lipinski definition) is 4. The van der Waals surface area contributed by atoms with E-state index in [1.165, 1.54) is 29.8 Å². The smallest absolute Gasteiger partial charge is 0.315 e. The maximum absolute atomic E-state index is 11.5. The molecule has 1 aliphatic rings. The van der Waals surface area contributed by atoms with Gasteiger partial charge in [0.2, 0.25) is 0 Å². The standard InChI is InChI=1S/C13H17N3O2S/c17-11(12(18)16-13-15-8-9-19-13)14-7-6-10-4-2-1-3-5-10/h4,8-9H,1-3,5-7H2,(H,14,17)(H,15,16,18). The summed E-state index contributed by atoms with van der Waals surface area (Å²) in [5.74, 6) is -1.26. The number of amides is 2. The average molecular weight is 279 g/mol. The molecule has 1 aliphatic carbocycles. The van der Waals surface area contributed by atoms with Crippen molar-refractivity contribution in [3.8, 4) is 0 Å². The first-order valence-corrected chi connectivity index (χ1v) is 7.30. The van der Waals surface area contributed by atoms with Crippen LogP contribution in [0.2, 0.25) is 0 Å². The number of hydrogen-bond donors (Lipinski definition) is 2. The van der Waals surface area contributed by atoms with Crippen LogP contribution in [0.4, 0.5) is 5.13 Å². The van der Waals surface area contributed by atoms with Crippen molar-refractivity contribution in [2.24, 2.45) is 0 Å². The van der Waals surface area contributed by atoms with Crippen LogP contribution in [0, 0.1) is 0 Å². The number of carbonyl (C=O) groups excluding carboxylic acids is 2. The fourth-order valence-corrected chi connectivity index (χ4v) is 2.51. The molecule has 0 saturated heterocycles. The van der Waals surface area contributed by atoms with E-state index in [2.05, 4.69) is 21.7 Å². The van der Waals surface area contributed by atoms with E-state index in [4.69, 9.17) is 0 Å². The zero-order chi connectivity index (χ0) is 13.5. The molecule has 0 bridgehead atoms. The third-order valence-electron chi connectivity index (χ3n) is 2.98. The summed E-state index contributed by atoms with van der Waals surface area (Å²) < 4.78 is 0. The van der Waals surface area contributed by atoms with E-state index in [9.17, 15) is 9.59 Å². The van der Waals surface area contributed by atoms with Gasteiger partial charge in [-0.25, -0.2) is 4.98 Å². The summed E-state index contributed by atoms with van der Waals surface area (Å²) in [6.45, 7) is 0.510. The lowest BCUT2D eigenvalue weighted by Crippen LogP contribution is -2.36. The van der Waals surface area contributed by atoms with Crippen molar-refractivity contribution in [1.82, 2.24) is 10.3 Å². The van der Waals surface area contributed by atoms with Gasteiger partial charge in [0.15, 0.2) is 5.13 Å². The molecule has 0 radical (unpaired) electrons. The summed E-state index contributed by atoms with van der Waals surface area (Å²) in [7, 11) is 0. The molecule has 5 nitrogen and oxygen atoms in total. The Balaban J connectivity index is 1.69. The fraction of sp³-hybridized carbons (Fsp3) is 0.462. The second kappa shape index (κ2) is 7.04. The zero-order valence-electron chi connectivity index (χ0n) is 10.6. The summed E-state index contributed by atoms with van der Waals surface area (Å²) in [6.07, 6.45) is 9.38. The molecule has 0 fully saturated rings. The van der Waals surface area contributed by atoms with E-state index in [0.29, 0.717) is 11.7 Å². The van der Waals surface area contributed by atoms with Gasteiger partial charge in [-0.3, -0.25) is 14.9 Å². The van der Waals surface area contributed by atoms with Crippen LogP contribution in [0.25, 0.3) is 0 Å². The summed E-state index contributed by atoms with van der Waals surface area (Å²) >= 11 is 1.28. The molecule has 0 aliphatic heterocycles. The third kappa shape index (κ3) is 4.48. The molecule has 1 aromatic rings. The lowest BCUT2D eigenvalue weighted by molar-refractivity contribution is -0.136. The lowest BCUT2D eigenvalue weighted by atomic mass is 9.97. The molecule has 1 aromatic heterocycles. The van der Waals surface area contributed by atoms with Gasteiger partial charge in [-0.05, 0) is 32.1 Å². The summed E-state index contributed by atoms with van der Waals surface area (Å²) in [6, 6.07) is 0. The molecule has 1 heterocycles. The van der Waals surface area contributed by atoms with Gasteiger partial charge in [-0.1, -0.05) is 11.6 Å². The van der Waals surface area contributed by atoms with Gasteiger partial charge >= 0.3 is 11.8 Å². The van der Waals surface area contributed by atoms with Gasteiger partial charge in [0, 0.05) is 18.1 Å².